The molecule has 1 fully saturated rings. The van der Waals surface area contributed by atoms with Gasteiger partial charge in [0, 0.05) is 18.2 Å². The number of nitrogens with zero attached hydrogens (tertiary/aromatic N) is 1. The summed E-state index contributed by atoms with van der Waals surface area (Å²) in [6, 6.07) is 16.6. The molecule has 1 saturated heterocycles. The summed E-state index contributed by atoms with van der Waals surface area (Å²) in [5.41, 5.74) is 9.57. The minimum Gasteiger partial charge on any atom is -0.484 e. The quantitative estimate of drug-likeness (QED) is 0.859. The molecule has 1 aliphatic heterocycles. The SMILES string of the molecule is CC(=O)c1ccc(O[C@@H]2c3ccccc3C[C@H]2N2CCC[C@H](N)C2)cc1. The van der Waals surface area contributed by atoms with Crippen molar-refractivity contribution in [2.45, 2.75) is 44.4 Å². The van der Waals surface area contributed by atoms with Crippen molar-refractivity contribution in [2.75, 3.05) is 13.1 Å². The minimum absolute atomic E-state index is 0.000298. The van der Waals surface area contributed by atoms with Crippen LogP contribution in [-0.4, -0.2) is 35.9 Å². The third-order valence-corrected chi connectivity index (χ3v) is 5.62. The number of Topliss-reactive ketones (excluding diaryl/α,β-unsaturated/α-hetero) is 1. The summed E-state index contributed by atoms with van der Waals surface area (Å²) >= 11 is 0. The molecular weight excluding hydrogens is 324 g/mol. The Hall–Kier alpha value is -2.17. The van der Waals surface area contributed by atoms with Gasteiger partial charge < -0.3 is 10.5 Å². The Morgan fingerprint density at radius 2 is 1.92 bits per heavy atom. The van der Waals surface area contributed by atoms with Crippen molar-refractivity contribution in [3.05, 3.63) is 65.2 Å². The smallest absolute Gasteiger partial charge is 0.159 e. The normalized spacial score (nSPS) is 25.7. The van der Waals surface area contributed by atoms with Gasteiger partial charge in [-0.25, -0.2) is 0 Å². The van der Waals surface area contributed by atoms with E-state index in [1.54, 1.807) is 6.92 Å². The van der Waals surface area contributed by atoms with E-state index in [2.05, 4.69) is 29.2 Å². The summed E-state index contributed by atoms with van der Waals surface area (Å²) in [4.78, 5) is 14.0. The van der Waals surface area contributed by atoms with Crippen molar-refractivity contribution in [1.82, 2.24) is 4.90 Å². The molecule has 2 N–H and O–H groups in total. The van der Waals surface area contributed by atoms with Gasteiger partial charge in [-0.2, -0.15) is 0 Å². The molecule has 0 amide bonds. The molecule has 1 heterocycles. The van der Waals surface area contributed by atoms with Crippen LogP contribution in [0.4, 0.5) is 0 Å². The maximum absolute atomic E-state index is 11.5. The van der Waals surface area contributed by atoms with Gasteiger partial charge in [-0.05, 0) is 68.1 Å². The number of hydrogen-bond donors (Lipinski definition) is 1. The van der Waals surface area contributed by atoms with Crippen LogP contribution in [-0.2, 0) is 6.42 Å². The third kappa shape index (κ3) is 3.39. The lowest BCUT2D eigenvalue weighted by atomic mass is 10.0. The first kappa shape index (κ1) is 17.3. The van der Waals surface area contributed by atoms with Crippen molar-refractivity contribution >= 4 is 5.78 Å². The van der Waals surface area contributed by atoms with Gasteiger partial charge in [0.15, 0.2) is 5.78 Å². The first-order valence-electron chi connectivity index (χ1n) is 9.47. The Balaban J connectivity index is 1.60. The maximum Gasteiger partial charge on any atom is 0.159 e. The van der Waals surface area contributed by atoms with Gasteiger partial charge in [-0.15, -0.1) is 0 Å². The second kappa shape index (κ2) is 7.22. The molecule has 2 aromatic carbocycles. The molecule has 4 rings (SSSR count). The van der Waals surface area contributed by atoms with E-state index in [-0.39, 0.29) is 17.9 Å². The van der Waals surface area contributed by atoms with Crippen LogP contribution in [0.1, 0.15) is 47.4 Å². The molecule has 26 heavy (non-hydrogen) atoms. The standard InChI is InChI=1S/C22H26N2O2/c1-15(25)16-8-10-19(11-9-16)26-22-20-7-3-2-5-17(20)13-21(22)24-12-4-6-18(23)14-24/h2-3,5,7-11,18,21-22H,4,6,12-14,23H2,1H3/t18-,21+,22+/m0/s1. The highest BCUT2D eigenvalue weighted by atomic mass is 16.5. The van der Waals surface area contributed by atoms with Crippen LogP contribution in [0.25, 0.3) is 0 Å². The molecule has 4 heteroatoms. The first-order chi connectivity index (χ1) is 12.6. The van der Waals surface area contributed by atoms with Gasteiger partial charge in [-0.1, -0.05) is 24.3 Å². The van der Waals surface area contributed by atoms with Crippen molar-refractivity contribution in [2.24, 2.45) is 5.73 Å². The zero-order chi connectivity index (χ0) is 18.1. The lowest BCUT2D eigenvalue weighted by Crippen LogP contribution is -2.49. The Bertz CT molecular complexity index is 787. The van der Waals surface area contributed by atoms with Crippen LogP contribution in [0.3, 0.4) is 0 Å². The van der Waals surface area contributed by atoms with Crippen LogP contribution in [0.15, 0.2) is 48.5 Å². The van der Waals surface area contributed by atoms with Crippen LogP contribution >= 0.6 is 0 Å². The Morgan fingerprint density at radius 1 is 1.15 bits per heavy atom. The Morgan fingerprint density at radius 3 is 2.65 bits per heavy atom. The summed E-state index contributed by atoms with van der Waals surface area (Å²) in [6.45, 7) is 3.59. The van der Waals surface area contributed by atoms with E-state index in [1.807, 2.05) is 24.3 Å². The zero-order valence-corrected chi connectivity index (χ0v) is 15.2. The zero-order valence-electron chi connectivity index (χ0n) is 15.2. The molecular formula is C22H26N2O2. The third-order valence-electron chi connectivity index (χ3n) is 5.62. The molecule has 0 spiro atoms. The number of benzene rings is 2. The number of hydrogen-bond acceptors (Lipinski definition) is 4. The Kier molecular flexibility index (Phi) is 4.79. The predicted octanol–water partition coefficient (Wildman–Crippen LogP) is 3.36. The van der Waals surface area contributed by atoms with Crippen molar-refractivity contribution in [3.63, 3.8) is 0 Å². The van der Waals surface area contributed by atoms with Crippen LogP contribution in [0.2, 0.25) is 0 Å². The highest BCUT2D eigenvalue weighted by Gasteiger charge is 2.39. The summed E-state index contributed by atoms with van der Waals surface area (Å²) in [5.74, 6) is 0.881. The lowest BCUT2D eigenvalue weighted by molar-refractivity contribution is 0.0593. The topological polar surface area (TPSA) is 55.6 Å². The molecule has 1 aliphatic carbocycles. The summed E-state index contributed by atoms with van der Waals surface area (Å²) in [6.07, 6.45) is 3.25. The van der Waals surface area contributed by atoms with E-state index in [0.29, 0.717) is 11.6 Å². The number of ether oxygens (including phenoxy) is 1. The van der Waals surface area contributed by atoms with Crippen LogP contribution in [0, 0.1) is 0 Å². The number of nitrogens with two attached hydrogens (primary N) is 1. The van der Waals surface area contributed by atoms with Crippen molar-refractivity contribution in [1.29, 1.82) is 0 Å². The van der Waals surface area contributed by atoms with Crippen molar-refractivity contribution in [3.8, 4) is 5.75 Å². The number of rotatable bonds is 4. The fraction of sp³-hybridized carbons (Fsp3) is 0.409. The lowest BCUT2D eigenvalue weighted by Gasteiger charge is -2.38. The fourth-order valence-corrected chi connectivity index (χ4v) is 4.26. The van der Waals surface area contributed by atoms with Gasteiger partial charge >= 0.3 is 0 Å². The molecule has 136 valence electrons. The fourth-order valence-electron chi connectivity index (χ4n) is 4.26. The number of piperidine rings is 1. The molecule has 2 aliphatic rings. The number of carbonyl (C=O) groups is 1. The largest absolute Gasteiger partial charge is 0.484 e. The highest BCUT2D eigenvalue weighted by molar-refractivity contribution is 5.94. The molecule has 4 nitrogen and oxygen atoms in total. The van der Waals surface area contributed by atoms with E-state index in [9.17, 15) is 4.79 Å². The predicted molar refractivity (Wildman–Crippen MR) is 103 cm³/mol. The molecule has 0 radical (unpaired) electrons. The number of carbonyl (C=O) groups excluding carboxylic acids is 1. The summed E-state index contributed by atoms with van der Waals surface area (Å²) in [5, 5.41) is 0. The minimum atomic E-state index is -0.000298. The van der Waals surface area contributed by atoms with E-state index in [4.69, 9.17) is 10.5 Å². The molecule has 0 unspecified atom stereocenters. The van der Waals surface area contributed by atoms with Gasteiger partial charge in [0.2, 0.25) is 0 Å². The van der Waals surface area contributed by atoms with E-state index in [1.165, 1.54) is 11.1 Å². The first-order valence-corrected chi connectivity index (χ1v) is 9.47. The van der Waals surface area contributed by atoms with Crippen LogP contribution < -0.4 is 10.5 Å². The number of fused-ring (bicyclic) bond motifs is 1. The van der Waals surface area contributed by atoms with Gasteiger partial charge in [0.25, 0.3) is 0 Å². The second-order valence-corrected chi connectivity index (χ2v) is 7.49. The molecule has 2 aromatic rings. The number of ketones is 1. The summed E-state index contributed by atoms with van der Waals surface area (Å²) in [7, 11) is 0. The summed E-state index contributed by atoms with van der Waals surface area (Å²) < 4.78 is 6.44. The van der Waals surface area contributed by atoms with E-state index < -0.39 is 0 Å². The Labute approximate surface area is 155 Å². The second-order valence-electron chi connectivity index (χ2n) is 7.49. The molecule has 0 saturated carbocycles. The molecule has 3 atom stereocenters. The maximum atomic E-state index is 11.5. The van der Waals surface area contributed by atoms with Crippen LogP contribution in [0.5, 0.6) is 5.75 Å². The highest BCUT2D eigenvalue weighted by Crippen LogP contribution is 2.38. The van der Waals surface area contributed by atoms with Gasteiger partial charge in [0.05, 0.1) is 6.04 Å². The molecule has 0 bridgehead atoms. The monoisotopic (exact) mass is 350 g/mol. The van der Waals surface area contributed by atoms with E-state index >= 15 is 0 Å². The van der Waals surface area contributed by atoms with Gasteiger partial charge in [0.1, 0.15) is 11.9 Å². The molecule has 0 aromatic heterocycles. The van der Waals surface area contributed by atoms with Crippen molar-refractivity contribution < 1.29 is 9.53 Å². The van der Waals surface area contributed by atoms with Gasteiger partial charge in [-0.3, -0.25) is 9.69 Å². The average Bonchev–Trinajstić information content (AvgIpc) is 3.01. The van der Waals surface area contributed by atoms with E-state index in [0.717, 1.165) is 38.1 Å². The average molecular weight is 350 g/mol. The number of likely N-dealkylation sites (tertiary alicyclic amines) is 1.